The SMILES string of the molecule is CCCNC(=O)CN(C)C(=O)C1(C(N)=NO)CCCC1. The van der Waals surface area contributed by atoms with Gasteiger partial charge in [-0.05, 0) is 19.3 Å². The lowest BCUT2D eigenvalue weighted by Crippen LogP contribution is -2.51. The van der Waals surface area contributed by atoms with Crippen molar-refractivity contribution in [3.05, 3.63) is 0 Å². The van der Waals surface area contributed by atoms with Crippen molar-refractivity contribution in [3.63, 3.8) is 0 Å². The number of likely N-dealkylation sites (N-methyl/N-ethyl adjacent to an activating group) is 1. The number of rotatable bonds is 6. The number of oxime groups is 1. The number of carbonyl (C=O) groups excluding carboxylic acids is 2. The van der Waals surface area contributed by atoms with Gasteiger partial charge < -0.3 is 21.2 Å². The average Bonchev–Trinajstić information content (AvgIpc) is 2.93. The highest BCUT2D eigenvalue weighted by Gasteiger charge is 2.47. The normalized spacial score (nSPS) is 17.8. The minimum atomic E-state index is -0.950. The summed E-state index contributed by atoms with van der Waals surface area (Å²) in [6.07, 6.45) is 3.68. The van der Waals surface area contributed by atoms with Crippen LogP contribution < -0.4 is 11.1 Å². The number of amidine groups is 1. The fourth-order valence-electron chi connectivity index (χ4n) is 2.63. The zero-order valence-corrected chi connectivity index (χ0v) is 12.2. The predicted molar refractivity (Wildman–Crippen MR) is 75.2 cm³/mol. The molecule has 7 nitrogen and oxygen atoms in total. The number of nitrogens with zero attached hydrogens (tertiary/aromatic N) is 2. The molecule has 1 aliphatic rings. The van der Waals surface area contributed by atoms with Gasteiger partial charge in [0.25, 0.3) is 0 Å². The molecule has 0 unspecified atom stereocenters. The zero-order valence-electron chi connectivity index (χ0n) is 12.2. The summed E-state index contributed by atoms with van der Waals surface area (Å²) >= 11 is 0. The largest absolute Gasteiger partial charge is 0.409 e. The summed E-state index contributed by atoms with van der Waals surface area (Å²) < 4.78 is 0. The van der Waals surface area contributed by atoms with Gasteiger partial charge >= 0.3 is 0 Å². The van der Waals surface area contributed by atoms with Crippen molar-refractivity contribution in [1.29, 1.82) is 0 Å². The highest BCUT2D eigenvalue weighted by atomic mass is 16.4. The molecule has 0 radical (unpaired) electrons. The van der Waals surface area contributed by atoms with Gasteiger partial charge in [0.15, 0.2) is 5.84 Å². The Morgan fingerprint density at radius 2 is 2.00 bits per heavy atom. The van der Waals surface area contributed by atoms with Crippen LogP contribution in [0.25, 0.3) is 0 Å². The zero-order chi connectivity index (χ0) is 15.2. The second-order valence-electron chi connectivity index (χ2n) is 5.29. The van der Waals surface area contributed by atoms with Crippen LogP contribution in [0.3, 0.4) is 0 Å². The van der Waals surface area contributed by atoms with E-state index in [1.807, 2.05) is 6.92 Å². The first kappa shape index (κ1) is 16.3. The monoisotopic (exact) mass is 284 g/mol. The molecule has 0 atom stereocenters. The summed E-state index contributed by atoms with van der Waals surface area (Å²) in [4.78, 5) is 25.6. The summed E-state index contributed by atoms with van der Waals surface area (Å²) in [7, 11) is 1.57. The van der Waals surface area contributed by atoms with E-state index >= 15 is 0 Å². The van der Waals surface area contributed by atoms with E-state index in [0.717, 1.165) is 19.3 Å². The number of hydrogen-bond acceptors (Lipinski definition) is 4. The van der Waals surface area contributed by atoms with E-state index in [0.29, 0.717) is 19.4 Å². The molecule has 1 saturated carbocycles. The van der Waals surface area contributed by atoms with Crippen LogP contribution in [0.5, 0.6) is 0 Å². The van der Waals surface area contributed by atoms with Crippen molar-refractivity contribution in [1.82, 2.24) is 10.2 Å². The molecule has 7 heteroatoms. The lowest BCUT2D eigenvalue weighted by molar-refractivity contribution is -0.140. The van der Waals surface area contributed by atoms with Crippen LogP contribution in [0.4, 0.5) is 0 Å². The first-order valence-electron chi connectivity index (χ1n) is 6.98. The van der Waals surface area contributed by atoms with Gasteiger partial charge in [-0.1, -0.05) is 24.9 Å². The van der Waals surface area contributed by atoms with Crippen molar-refractivity contribution >= 4 is 17.6 Å². The summed E-state index contributed by atoms with van der Waals surface area (Å²) in [5, 5.41) is 14.6. The summed E-state index contributed by atoms with van der Waals surface area (Å²) in [6, 6.07) is 0. The molecule has 0 aromatic carbocycles. The fourth-order valence-corrected chi connectivity index (χ4v) is 2.63. The lowest BCUT2D eigenvalue weighted by Gasteiger charge is -2.30. The predicted octanol–water partition coefficient (Wildman–Crippen LogP) is 0.278. The molecule has 1 fully saturated rings. The van der Waals surface area contributed by atoms with Crippen LogP contribution in [-0.4, -0.2) is 47.9 Å². The van der Waals surface area contributed by atoms with Crippen LogP contribution in [0.1, 0.15) is 39.0 Å². The van der Waals surface area contributed by atoms with Crippen molar-refractivity contribution in [2.45, 2.75) is 39.0 Å². The molecule has 2 amide bonds. The molecule has 0 heterocycles. The standard InChI is InChI=1S/C13H24N4O3/c1-3-8-15-10(18)9-17(2)12(19)13(11(14)16-20)6-4-5-7-13/h20H,3-9H2,1-2H3,(H2,14,16)(H,15,18). The molecular weight excluding hydrogens is 260 g/mol. The molecule has 4 N–H and O–H groups in total. The Kier molecular flexibility index (Phi) is 5.79. The fraction of sp³-hybridized carbons (Fsp3) is 0.769. The molecule has 0 spiro atoms. The first-order chi connectivity index (χ1) is 9.47. The van der Waals surface area contributed by atoms with Crippen molar-refractivity contribution in [2.24, 2.45) is 16.3 Å². The van der Waals surface area contributed by atoms with Crippen LogP contribution in [0, 0.1) is 5.41 Å². The molecule has 0 saturated heterocycles. The minimum absolute atomic E-state index is 0.0146. The molecule has 0 bridgehead atoms. The number of nitrogens with two attached hydrogens (primary N) is 1. The summed E-state index contributed by atoms with van der Waals surface area (Å²) in [5.74, 6) is -0.506. The van der Waals surface area contributed by atoms with Gasteiger partial charge in [-0.3, -0.25) is 9.59 Å². The van der Waals surface area contributed by atoms with E-state index < -0.39 is 5.41 Å². The Balaban J connectivity index is 2.73. The van der Waals surface area contributed by atoms with E-state index in [1.54, 1.807) is 7.05 Å². The second-order valence-corrected chi connectivity index (χ2v) is 5.29. The van der Waals surface area contributed by atoms with Gasteiger partial charge in [-0.15, -0.1) is 0 Å². The lowest BCUT2D eigenvalue weighted by atomic mass is 9.83. The molecule has 1 rings (SSSR count). The number of nitrogens with one attached hydrogen (secondary N) is 1. The van der Waals surface area contributed by atoms with Gasteiger partial charge in [0.05, 0.1) is 6.54 Å². The van der Waals surface area contributed by atoms with E-state index in [1.165, 1.54) is 4.90 Å². The summed E-state index contributed by atoms with van der Waals surface area (Å²) in [5.41, 5.74) is 4.77. The van der Waals surface area contributed by atoms with E-state index in [9.17, 15) is 9.59 Å². The quantitative estimate of drug-likeness (QED) is 0.282. The minimum Gasteiger partial charge on any atom is -0.409 e. The van der Waals surface area contributed by atoms with Crippen LogP contribution in [0.2, 0.25) is 0 Å². The van der Waals surface area contributed by atoms with Gasteiger partial charge in [-0.25, -0.2) is 0 Å². The highest BCUT2D eigenvalue weighted by molar-refractivity contribution is 6.07. The Hall–Kier alpha value is -1.79. The third kappa shape index (κ3) is 3.40. The Labute approximate surface area is 119 Å². The molecule has 114 valence electrons. The Morgan fingerprint density at radius 1 is 1.40 bits per heavy atom. The molecule has 0 aromatic rings. The van der Waals surface area contributed by atoms with Crippen molar-refractivity contribution < 1.29 is 14.8 Å². The van der Waals surface area contributed by atoms with Crippen molar-refractivity contribution in [2.75, 3.05) is 20.1 Å². The molecule has 20 heavy (non-hydrogen) atoms. The molecule has 0 aromatic heterocycles. The molecule has 0 aliphatic heterocycles. The van der Waals surface area contributed by atoms with E-state index in [2.05, 4.69) is 10.5 Å². The van der Waals surface area contributed by atoms with Gasteiger partial charge in [0.2, 0.25) is 11.8 Å². The van der Waals surface area contributed by atoms with Crippen LogP contribution in [-0.2, 0) is 9.59 Å². The average molecular weight is 284 g/mol. The summed E-state index contributed by atoms with van der Waals surface area (Å²) in [6.45, 7) is 2.53. The van der Waals surface area contributed by atoms with Gasteiger partial charge in [-0.2, -0.15) is 0 Å². The second kappa shape index (κ2) is 7.12. The Morgan fingerprint density at radius 3 is 2.50 bits per heavy atom. The van der Waals surface area contributed by atoms with Gasteiger partial charge in [0.1, 0.15) is 5.41 Å². The van der Waals surface area contributed by atoms with E-state index in [4.69, 9.17) is 10.9 Å². The van der Waals surface area contributed by atoms with Crippen LogP contribution >= 0.6 is 0 Å². The van der Waals surface area contributed by atoms with Crippen molar-refractivity contribution in [3.8, 4) is 0 Å². The molecule has 1 aliphatic carbocycles. The topological polar surface area (TPSA) is 108 Å². The van der Waals surface area contributed by atoms with E-state index in [-0.39, 0.29) is 24.2 Å². The number of carbonyl (C=O) groups is 2. The number of hydrogen-bond donors (Lipinski definition) is 3. The van der Waals surface area contributed by atoms with Crippen LogP contribution in [0.15, 0.2) is 5.16 Å². The number of amides is 2. The first-order valence-corrected chi connectivity index (χ1v) is 6.98. The Bertz CT molecular complexity index is 389. The maximum Gasteiger partial charge on any atom is 0.239 e. The smallest absolute Gasteiger partial charge is 0.239 e. The third-order valence-electron chi connectivity index (χ3n) is 3.76. The maximum atomic E-state index is 12.6. The molecular formula is C13H24N4O3. The van der Waals surface area contributed by atoms with Gasteiger partial charge in [0, 0.05) is 13.6 Å². The maximum absolute atomic E-state index is 12.6. The third-order valence-corrected chi connectivity index (χ3v) is 3.76. The highest BCUT2D eigenvalue weighted by Crippen LogP contribution is 2.39.